The van der Waals surface area contributed by atoms with Gasteiger partial charge in [0.25, 0.3) is 0 Å². The van der Waals surface area contributed by atoms with Gasteiger partial charge in [0.15, 0.2) is 9.84 Å². The third-order valence-electron chi connectivity index (χ3n) is 3.96. The van der Waals surface area contributed by atoms with Crippen molar-refractivity contribution in [1.82, 2.24) is 10.2 Å². The van der Waals surface area contributed by atoms with Gasteiger partial charge in [0.05, 0.1) is 17.5 Å². The molecule has 22 heavy (non-hydrogen) atoms. The second-order valence-corrected chi connectivity index (χ2v) is 8.85. The van der Waals surface area contributed by atoms with Crippen LogP contribution in [0.2, 0.25) is 0 Å². The van der Waals surface area contributed by atoms with Crippen LogP contribution < -0.4 is 5.32 Å². The summed E-state index contributed by atoms with van der Waals surface area (Å²) >= 11 is 1.46. The number of carbonyl (C=O) groups is 1. The molecule has 0 radical (unpaired) electrons. The van der Waals surface area contributed by atoms with Gasteiger partial charge in [0.1, 0.15) is 5.82 Å². The number of hydrogen-bond acceptors (Lipinski definition) is 4. The first-order chi connectivity index (χ1) is 10.5. The molecule has 1 fully saturated rings. The smallest absolute Gasteiger partial charge is 0.317 e. The molecule has 1 N–H and O–H groups in total. The highest BCUT2D eigenvalue weighted by Gasteiger charge is 2.29. The lowest BCUT2D eigenvalue weighted by atomic mass is 10.0. The predicted octanol–water partition coefficient (Wildman–Crippen LogP) is 1.80. The molecular weight excluding hydrogens is 327 g/mol. The summed E-state index contributed by atoms with van der Waals surface area (Å²) in [4.78, 5) is 14.4. The van der Waals surface area contributed by atoms with Gasteiger partial charge in [-0.1, -0.05) is 12.1 Å². The van der Waals surface area contributed by atoms with E-state index in [1.165, 1.54) is 22.7 Å². The maximum atomic E-state index is 13.8. The average Bonchev–Trinajstić information content (AvgIpc) is 2.48. The molecule has 1 aromatic rings. The molecule has 120 valence electrons. The normalized spacial score (nSPS) is 23.7. The molecule has 2 aliphatic heterocycles. The number of benzene rings is 1. The minimum absolute atomic E-state index is 0.00610. The van der Waals surface area contributed by atoms with Crippen molar-refractivity contribution >= 4 is 27.6 Å². The Labute approximate surface area is 133 Å². The summed E-state index contributed by atoms with van der Waals surface area (Å²) in [6.45, 7) is 0.428. The van der Waals surface area contributed by atoms with E-state index in [1.807, 2.05) is 6.07 Å². The first-order valence-electron chi connectivity index (χ1n) is 7.13. The van der Waals surface area contributed by atoms with Crippen molar-refractivity contribution in [3.8, 4) is 0 Å². The lowest BCUT2D eigenvalue weighted by molar-refractivity contribution is 0.197. The van der Waals surface area contributed by atoms with E-state index < -0.39 is 9.84 Å². The van der Waals surface area contributed by atoms with Crippen molar-refractivity contribution in [1.29, 1.82) is 0 Å². The van der Waals surface area contributed by atoms with Crippen LogP contribution in [-0.4, -0.2) is 49.7 Å². The standard InChI is InChI=1S/C14H17FN2O3S2/c15-11-3-1-2-10-12(4-7-21-13(10)11)16-14(18)17-5-8-22(19,20)9-6-17/h1-3,12H,4-9H2,(H,16,18)/t12-/m0/s1. The summed E-state index contributed by atoms with van der Waals surface area (Å²) in [6.07, 6.45) is 0.735. The van der Waals surface area contributed by atoms with Gasteiger partial charge in [-0.15, -0.1) is 11.8 Å². The fraction of sp³-hybridized carbons (Fsp3) is 0.500. The van der Waals surface area contributed by atoms with Gasteiger partial charge in [-0.25, -0.2) is 17.6 Å². The Morgan fingerprint density at radius 2 is 2.05 bits per heavy atom. The fourth-order valence-electron chi connectivity index (χ4n) is 2.69. The van der Waals surface area contributed by atoms with Crippen molar-refractivity contribution < 1.29 is 17.6 Å². The van der Waals surface area contributed by atoms with Gasteiger partial charge < -0.3 is 10.2 Å². The van der Waals surface area contributed by atoms with Gasteiger partial charge in [0, 0.05) is 23.7 Å². The first kappa shape index (κ1) is 15.6. The fourth-order valence-corrected chi connectivity index (χ4v) is 5.03. The number of urea groups is 1. The van der Waals surface area contributed by atoms with E-state index >= 15 is 0 Å². The maximum Gasteiger partial charge on any atom is 0.317 e. The Kier molecular flexibility index (Phi) is 4.31. The molecule has 0 unspecified atom stereocenters. The van der Waals surface area contributed by atoms with E-state index in [1.54, 1.807) is 6.07 Å². The SMILES string of the molecule is O=C(N[C@H]1CCSc2c(F)cccc21)N1CCS(=O)(=O)CC1. The minimum atomic E-state index is -3.01. The molecule has 1 saturated heterocycles. The molecule has 0 saturated carbocycles. The summed E-state index contributed by atoms with van der Waals surface area (Å²) in [5, 5.41) is 2.91. The first-order valence-corrected chi connectivity index (χ1v) is 9.94. The third kappa shape index (κ3) is 3.22. The monoisotopic (exact) mass is 344 g/mol. The van der Waals surface area contributed by atoms with E-state index in [4.69, 9.17) is 0 Å². The number of carbonyl (C=O) groups excluding carboxylic acids is 1. The van der Waals surface area contributed by atoms with Crippen LogP contribution in [0.4, 0.5) is 9.18 Å². The summed E-state index contributed by atoms with van der Waals surface area (Å²) < 4.78 is 36.6. The number of nitrogens with one attached hydrogen (secondary N) is 1. The van der Waals surface area contributed by atoms with Crippen LogP contribution >= 0.6 is 11.8 Å². The molecule has 2 heterocycles. The number of sulfone groups is 1. The lowest BCUT2D eigenvalue weighted by Gasteiger charge is -2.31. The van der Waals surface area contributed by atoms with Crippen molar-refractivity contribution in [3.05, 3.63) is 29.6 Å². The van der Waals surface area contributed by atoms with Gasteiger partial charge in [-0.2, -0.15) is 0 Å². The topological polar surface area (TPSA) is 66.5 Å². The molecule has 2 amide bonds. The lowest BCUT2D eigenvalue weighted by Crippen LogP contribution is -2.49. The van der Waals surface area contributed by atoms with Crippen LogP contribution in [0, 0.1) is 5.82 Å². The number of amides is 2. The van der Waals surface area contributed by atoms with Gasteiger partial charge >= 0.3 is 6.03 Å². The molecule has 0 aliphatic carbocycles. The van der Waals surface area contributed by atoms with Crippen LogP contribution in [-0.2, 0) is 9.84 Å². The number of rotatable bonds is 1. The number of halogens is 1. The highest BCUT2D eigenvalue weighted by Crippen LogP contribution is 2.37. The van der Waals surface area contributed by atoms with Crippen LogP contribution in [0.5, 0.6) is 0 Å². The zero-order chi connectivity index (χ0) is 15.7. The summed E-state index contributed by atoms with van der Waals surface area (Å²) in [5.41, 5.74) is 0.800. The van der Waals surface area contributed by atoms with Gasteiger partial charge in [-0.3, -0.25) is 0 Å². The van der Waals surface area contributed by atoms with Crippen molar-refractivity contribution in [2.24, 2.45) is 0 Å². The predicted molar refractivity (Wildman–Crippen MR) is 83.2 cm³/mol. The zero-order valence-corrected chi connectivity index (χ0v) is 13.6. The number of thioether (sulfide) groups is 1. The third-order valence-corrected chi connectivity index (χ3v) is 6.72. The van der Waals surface area contributed by atoms with E-state index in [2.05, 4.69) is 5.32 Å². The summed E-state index contributed by atoms with van der Waals surface area (Å²) in [7, 11) is -3.01. The average molecular weight is 344 g/mol. The Morgan fingerprint density at radius 1 is 1.32 bits per heavy atom. The molecular formula is C14H17FN2O3S2. The highest BCUT2D eigenvalue weighted by atomic mass is 32.2. The van der Waals surface area contributed by atoms with Gasteiger partial charge in [-0.05, 0) is 18.1 Å². The molecule has 8 heteroatoms. The largest absolute Gasteiger partial charge is 0.331 e. The second kappa shape index (κ2) is 6.08. The van der Waals surface area contributed by atoms with Crippen molar-refractivity contribution in [2.75, 3.05) is 30.3 Å². The quantitative estimate of drug-likeness (QED) is 0.844. The second-order valence-electron chi connectivity index (χ2n) is 5.44. The van der Waals surface area contributed by atoms with Gasteiger partial charge in [0.2, 0.25) is 0 Å². The molecule has 0 aromatic heterocycles. The van der Waals surface area contributed by atoms with Crippen molar-refractivity contribution in [2.45, 2.75) is 17.4 Å². The van der Waals surface area contributed by atoms with Crippen LogP contribution in [0.3, 0.4) is 0 Å². The molecule has 0 bridgehead atoms. The molecule has 5 nitrogen and oxygen atoms in total. The minimum Gasteiger partial charge on any atom is -0.331 e. The highest BCUT2D eigenvalue weighted by molar-refractivity contribution is 7.99. The van der Waals surface area contributed by atoms with E-state index in [0.29, 0.717) is 4.90 Å². The molecule has 1 aromatic carbocycles. The number of nitrogens with zero attached hydrogens (tertiary/aromatic N) is 1. The summed E-state index contributed by atoms with van der Waals surface area (Å²) in [5.74, 6) is 0.497. The van der Waals surface area contributed by atoms with E-state index in [9.17, 15) is 17.6 Å². The number of hydrogen-bond donors (Lipinski definition) is 1. The molecule has 1 atom stereocenters. The number of fused-ring (bicyclic) bond motifs is 1. The Morgan fingerprint density at radius 3 is 2.77 bits per heavy atom. The van der Waals surface area contributed by atoms with Crippen LogP contribution in [0.1, 0.15) is 18.0 Å². The summed E-state index contributed by atoms with van der Waals surface area (Å²) in [6, 6.07) is 4.40. The zero-order valence-electron chi connectivity index (χ0n) is 11.9. The van der Waals surface area contributed by atoms with Crippen LogP contribution in [0.15, 0.2) is 23.1 Å². The molecule has 2 aliphatic rings. The van der Waals surface area contributed by atoms with E-state index in [0.717, 1.165) is 17.7 Å². The van der Waals surface area contributed by atoms with Crippen LogP contribution in [0.25, 0.3) is 0 Å². The van der Waals surface area contributed by atoms with Crippen molar-refractivity contribution in [3.63, 3.8) is 0 Å². The Balaban J connectivity index is 1.70. The molecule has 3 rings (SSSR count). The van der Waals surface area contributed by atoms with E-state index in [-0.39, 0.29) is 42.5 Å². The maximum absolute atomic E-state index is 13.8. The molecule has 0 spiro atoms. The Bertz CT molecular complexity index is 679. The Hall–Kier alpha value is -1.28.